The van der Waals surface area contributed by atoms with Crippen molar-refractivity contribution in [2.75, 3.05) is 6.61 Å². The van der Waals surface area contributed by atoms with Gasteiger partial charge in [0.1, 0.15) is 11.9 Å². The van der Waals surface area contributed by atoms with Crippen LogP contribution in [0.4, 0.5) is 0 Å². The number of aliphatic hydroxyl groups excluding tert-OH is 1. The van der Waals surface area contributed by atoms with Gasteiger partial charge in [-0.3, -0.25) is 0 Å². The van der Waals surface area contributed by atoms with Crippen LogP contribution in [0, 0.1) is 6.92 Å². The minimum atomic E-state index is -0.720. The maximum Gasteiger partial charge on any atom is 0.128 e. The molecule has 1 atom stereocenters. The number of aryl methyl sites for hydroxylation is 3. The monoisotopic (exact) mass is 284 g/mol. The van der Waals surface area contributed by atoms with Gasteiger partial charge in [0.15, 0.2) is 0 Å². The minimum Gasteiger partial charge on any atom is -0.493 e. The molecule has 21 heavy (non-hydrogen) atoms. The average Bonchev–Trinajstić information content (AvgIpc) is 2.53. The highest BCUT2D eigenvalue weighted by Gasteiger charge is 2.23. The predicted molar refractivity (Wildman–Crippen MR) is 80.5 cm³/mol. The van der Waals surface area contributed by atoms with Crippen molar-refractivity contribution < 1.29 is 9.84 Å². The molecule has 2 heterocycles. The first-order valence-electron chi connectivity index (χ1n) is 7.46. The van der Waals surface area contributed by atoms with Crippen molar-refractivity contribution in [3.8, 4) is 5.75 Å². The molecule has 0 radical (unpaired) electrons. The molecule has 4 nitrogen and oxygen atoms in total. The van der Waals surface area contributed by atoms with Gasteiger partial charge in [-0.2, -0.15) is 10.2 Å². The Hall–Kier alpha value is -1.94. The summed E-state index contributed by atoms with van der Waals surface area (Å²) in [5, 5.41) is 19.1. The molecule has 0 saturated carbocycles. The Kier molecular flexibility index (Phi) is 3.88. The molecular formula is C17H20N2O2. The molecule has 110 valence electrons. The van der Waals surface area contributed by atoms with E-state index in [1.807, 2.05) is 32.0 Å². The van der Waals surface area contributed by atoms with Crippen LogP contribution in [0.1, 0.15) is 47.5 Å². The van der Waals surface area contributed by atoms with Gasteiger partial charge in [0.2, 0.25) is 0 Å². The smallest absolute Gasteiger partial charge is 0.128 e. The van der Waals surface area contributed by atoms with Gasteiger partial charge in [0.05, 0.1) is 18.0 Å². The summed E-state index contributed by atoms with van der Waals surface area (Å²) in [5.41, 5.74) is 4.48. The summed E-state index contributed by atoms with van der Waals surface area (Å²) in [7, 11) is 0. The van der Waals surface area contributed by atoms with E-state index in [2.05, 4.69) is 16.3 Å². The summed E-state index contributed by atoms with van der Waals surface area (Å²) < 4.78 is 5.80. The third-order valence-corrected chi connectivity index (χ3v) is 3.91. The van der Waals surface area contributed by atoms with Crippen LogP contribution in [0.5, 0.6) is 5.75 Å². The summed E-state index contributed by atoms with van der Waals surface area (Å²) in [6.45, 7) is 4.62. The van der Waals surface area contributed by atoms with Crippen LogP contribution >= 0.6 is 0 Å². The van der Waals surface area contributed by atoms with Crippen LogP contribution in [-0.2, 0) is 12.8 Å². The van der Waals surface area contributed by atoms with E-state index in [0.29, 0.717) is 6.61 Å². The topological polar surface area (TPSA) is 55.2 Å². The Morgan fingerprint density at radius 2 is 2.14 bits per heavy atom. The van der Waals surface area contributed by atoms with Crippen molar-refractivity contribution in [2.45, 2.75) is 39.2 Å². The number of aliphatic hydroxyl groups is 1. The van der Waals surface area contributed by atoms with E-state index < -0.39 is 6.10 Å². The highest BCUT2D eigenvalue weighted by molar-refractivity contribution is 5.47. The minimum absolute atomic E-state index is 0.713. The Morgan fingerprint density at radius 1 is 1.29 bits per heavy atom. The zero-order valence-corrected chi connectivity index (χ0v) is 12.5. The Balaban J connectivity index is 2.07. The quantitative estimate of drug-likeness (QED) is 0.941. The molecule has 0 saturated heterocycles. The summed E-state index contributed by atoms with van der Waals surface area (Å²) in [6.07, 6.45) is 2.06. The Bertz CT molecular complexity index is 655. The number of benzene rings is 1. The number of hydrogen-bond acceptors (Lipinski definition) is 4. The number of para-hydroxylation sites is 1. The lowest BCUT2D eigenvalue weighted by atomic mass is 9.94. The van der Waals surface area contributed by atoms with E-state index in [4.69, 9.17) is 4.74 Å². The number of aromatic nitrogens is 2. The van der Waals surface area contributed by atoms with E-state index in [9.17, 15) is 5.11 Å². The van der Waals surface area contributed by atoms with Gasteiger partial charge in [-0.05, 0) is 37.8 Å². The summed E-state index contributed by atoms with van der Waals surface area (Å²) >= 11 is 0. The molecule has 0 bridgehead atoms. The third-order valence-electron chi connectivity index (χ3n) is 3.91. The molecule has 0 spiro atoms. The first-order chi connectivity index (χ1) is 10.2. The standard InChI is InChI=1S/C17H20N2O2/c1-3-15-14(10-11(2)18-19-15)16(20)13-8-4-6-12-7-5-9-21-17(12)13/h4,6,8,10,16,20H,3,5,7,9H2,1-2H3. The van der Waals surface area contributed by atoms with Gasteiger partial charge in [0.25, 0.3) is 0 Å². The normalized spacial score (nSPS) is 15.2. The lowest BCUT2D eigenvalue weighted by Crippen LogP contribution is -2.14. The summed E-state index contributed by atoms with van der Waals surface area (Å²) in [4.78, 5) is 0. The number of fused-ring (bicyclic) bond motifs is 1. The van der Waals surface area contributed by atoms with Crippen LogP contribution in [0.15, 0.2) is 24.3 Å². The number of ether oxygens (including phenoxy) is 1. The van der Waals surface area contributed by atoms with Crippen molar-refractivity contribution >= 4 is 0 Å². The van der Waals surface area contributed by atoms with E-state index in [0.717, 1.165) is 47.5 Å². The molecule has 1 aromatic heterocycles. The van der Waals surface area contributed by atoms with Crippen molar-refractivity contribution in [1.82, 2.24) is 10.2 Å². The van der Waals surface area contributed by atoms with Crippen LogP contribution in [0.2, 0.25) is 0 Å². The lowest BCUT2D eigenvalue weighted by molar-refractivity contribution is 0.205. The van der Waals surface area contributed by atoms with Gasteiger partial charge in [-0.1, -0.05) is 25.1 Å². The average molecular weight is 284 g/mol. The number of rotatable bonds is 3. The fourth-order valence-corrected chi connectivity index (χ4v) is 2.84. The van der Waals surface area contributed by atoms with E-state index in [1.165, 1.54) is 5.56 Å². The zero-order valence-electron chi connectivity index (χ0n) is 12.5. The van der Waals surface area contributed by atoms with Crippen LogP contribution in [0.3, 0.4) is 0 Å². The second-order valence-corrected chi connectivity index (χ2v) is 5.43. The van der Waals surface area contributed by atoms with Crippen molar-refractivity contribution in [2.24, 2.45) is 0 Å². The van der Waals surface area contributed by atoms with E-state index in [1.54, 1.807) is 0 Å². The molecule has 0 amide bonds. The molecular weight excluding hydrogens is 264 g/mol. The van der Waals surface area contributed by atoms with E-state index in [-0.39, 0.29) is 0 Å². The first kappa shape index (κ1) is 14.0. The van der Waals surface area contributed by atoms with Crippen molar-refractivity contribution in [3.63, 3.8) is 0 Å². The van der Waals surface area contributed by atoms with Crippen LogP contribution in [-0.4, -0.2) is 21.9 Å². The summed E-state index contributed by atoms with van der Waals surface area (Å²) in [6, 6.07) is 7.91. The van der Waals surface area contributed by atoms with Gasteiger partial charge in [0, 0.05) is 11.1 Å². The fourth-order valence-electron chi connectivity index (χ4n) is 2.84. The molecule has 1 aliphatic heterocycles. The number of nitrogens with zero attached hydrogens (tertiary/aromatic N) is 2. The molecule has 1 aliphatic rings. The highest BCUT2D eigenvalue weighted by atomic mass is 16.5. The SMILES string of the molecule is CCc1nnc(C)cc1C(O)c1cccc2c1OCCC2. The van der Waals surface area contributed by atoms with Gasteiger partial charge >= 0.3 is 0 Å². The molecule has 0 fully saturated rings. The van der Waals surface area contributed by atoms with Crippen molar-refractivity contribution in [3.05, 3.63) is 52.3 Å². The van der Waals surface area contributed by atoms with Crippen molar-refractivity contribution in [1.29, 1.82) is 0 Å². The van der Waals surface area contributed by atoms with Gasteiger partial charge < -0.3 is 9.84 Å². The molecule has 1 aromatic carbocycles. The van der Waals surface area contributed by atoms with Crippen LogP contribution in [0.25, 0.3) is 0 Å². The zero-order chi connectivity index (χ0) is 14.8. The predicted octanol–water partition coefficient (Wildman–Crippen LogP) is 2.75. The fraction of sp³-hybridized carbons (Fsp3) is 0.412. The maximum absolute atomic E-state index is 10.8. The van der Waals surface area contributed by atoms with E-state index >= 15 is 0 Å². The molecule has 2 aromatic rings. The maximum atomic E-state index is 10.8. The molecule has 0 aliphatic carbocycles. The lowest BCUT2D eigenvalue weighted by Gasteiger charge is -2.23. The Morgan fingerprint density at radius 3 is 2.95 bits per heavy atom. The third kappa shape index (κ3) is 2.63. The van der Waals surface area contributed by atoms with Gasteiger partial charge in [-0.15, -0.1) is 0 Å². The molecule has 4 heteroatoms. The highest BCUT2D eigenvalue weighted by Crippen LogP contribution is 2.36. The largest absolute Gasteiger partial charge is 0.493 e. The second-order valence-electron chi connectivity index (χ2n) is 5.43. The number of hydrogen-bond donors (Lipinski definition) is 1. The van der Waals surface area contributed by atoms with Gasteiger partial charge in [-0.25, -0.2) is 0 Å². The second kappa shape index (κ2) is 5.82. The molecule has 1 N–H and O–H groups in total. The Labute approximate surface area is 124 Å². The molecule has 3 rings (SSSR count). The summed E-state index contributed by atoms with van der Waals surface area (Å²) in [5.74, 6) is 0.841. The molecule has 1 unspecified atom stereocenters. The van der Waals surface area contributed by atoms with Crippen LogP contribution < -0.4 is 4.74 Å². The first-order valence-corrected chi connectivity index (χ1v) is 7.46.